The number of halogens is 1. The van der Waals surface area contributed by atoms with E-state index in [1.807, 2.05) is 30.4 Å². The first-order valence-electron chi connectivity index (χ1n) is 7.14. The SMILES string of the molecule is COc1ccc(Br)cc1C=Cc1ccc2c([N+](=O)[O-])cccc2n1. The van der Waals surface area contributed by atoms with Gasteiger partial charge in [0.2, 0.25) is 0 Å². The largest absolute Gasteiger partial charge is 0.496 e. The smallest absolute Gasteiger partial charge is 0.278 e. The average Bonchev–Trinajstić information content (AvgIpc) is 2.59. The maximum atomic E-state index is 11.1. The fraction of sp³-hybridized carbons (Fsp3) is 0.0556. The molecule has 2 aromatic carbocycles. The second-order valence-corrected chi connectivity index (χ2v) is 5.97. The zero-order valence-corrected chi connectivity index (χ0v) is 14.4. The lowest BCUT2D eigenvalue weighted by Crippen LogP contribution is -1.91. The van der Waals surface area contributed by atoms with E-state index in [1.54, 1.807) is 31.4 Å². The normalized spacial score (nSPS) is 11.1. The minimum absolute atomic E-state index is 0.0594. The first-order valence-corrected chi connectivity index (χ1v) is 7.93. The van der Waals surface area contributed by atoms with Crippen LogP contribution in [0, 0.1) is 10.1 Å². The van der Waals surface area contributed by atoms with Gasteiger partial charge in [-0.3, -0.25) is 10.1 Å². The summed E-state index contributed by atoms with van der Waals surface area (Å²) in [5.74, 6) is 0.755. The Hall–Kier alpha value is -2.73. The fourth-order valence-electron chi connectivity index (χ4n) is 2.42. The Morgan fingerprint density at radius 3 is 2.75 bits per heavy atom. The van der Waals surface area contributed by atoms with Crippen molar-refractivity contribution in [2.24, 2.45) is 0 Å². The molecule has 1 heterocycles. The Labute approximate surface area is 146 Å². The van der Waals surface area contributed by atoms with Crippen LogP contribution in [0.5, 0.6) is 5.75 Å². The molecule has 5 nitrogen and oxygen atoms in total. The van der Waals surface area contributed by atoms with E-state index in [-0.39, 0.29) is 5.69 Å². The number of fused-ring (bicyclic) bond motifs is 1. The number of benzene rings is 2. The molecule has 0 aliphatic heterocycles. The summed E-state index contributed by atoms with van der Waals surface area (Å²) in [5.41, 5.74) is 2.27. The Morgan fingerprint density at radius 2 is 2.00 bits per heavy atom. The van der Waals surface area contributed by atoms with Gasteiger partial charge in [-0.05, 0) is 48.6 Å². The number of ether oxygens (including phenoxy) is 1. The highest BCUT2D eigenvalue weighted by molar-refractivity contribution is 9.10. The quantitative estimate of drug-likeness (QED) is 0.464. The summed E-state index contributed by atoms with van der Waals surface area (Å²) in [6.07, 6.45) is 3.75. The van der Waals surface area contributed by atoms with Crippen molar-refractivity contribution in [2.45, 2.75) is 0 Å². The maximum absolute atomic E-state index is 11.1. The molecule has 0 bridgehead atoms. The highest BCUT2D eigenvalue weighted by Crippen LogP contribution is 2.26. The third-order valence-electron chi connectivity index (χ3n) is 3.55. The van der Waals surface area contributed by atoms with Crippen LogP contribution in [0.1, 0.15) is 11.3 Å². The third-order valence-corrected chi connectivity index (χ3v) is 4.05. The molecule has 0 radical (unpaired) electrons. The predicted octanol–water partition coefficient (Wildman–Crippen LogP) is 5.08. The van der Waals surface area contributed by atoms with Gasteiger partial charge >= 0.3 is 0 Å². The Balaban J connectivity index is 1.99. The molecule has 3 rings (SSSR count). The van der Waals surface area contributed by atoms with Gasteiger partial charge in [0.25, 0.3) is 5.69 Å². The number of hydrogen-bond donors (Lipinski definition) is 0. The monoisotopic (exact) mass is 384 g/mol. The zero-order valence-electron chi connectivity index (χ0n) is 12.8. The molecule has 0 atom stereocenters. The summed E-state index contributed by atoms with van der Waals surface area (Å²) < 4.78 is 6.28. The van der Waals surface area contributed by atoms with Gasteiger partial charge in [-0.2, -0.15) is 0 Å². The second kappa shape index (κ2) is 6.80. The summed E-state index contributed by atoms with van der Waals surface area (Å²) in [4.78, 5) is 15.1. The molecule has 120 valence electrons. The molecule has 3 aromatic rings. The molecular weight excluding hydrogens is 372 g/mol. The van der Waals surface area contributed by atoms with Gasteiger partial charge in [0.05, 0.1) is 28.6 Å². The highest BCUT2D eigenvalue weighted by Gasteiger charge is 2.11. The van der Waals surface area contributed by atoms with Crippen molar-refractivity contribution in [3.05, 3.63) is 74.4 Å². The van der Waals surface area contributed by atoms with E-state index in [0.29, 0.717) is 16.6 Å². The molecule has 0 saturated heterocycles. The molecule has 0 amide bonds. The van der Waals surface area contributed by atoms with Gasteiger partial charge < -0.3 is 4.74 Å². The molecule has 0 aliphatic rings. The van der Waals surface area contributed by atoms with Gasteiger partial charge in [-0.1, -0.05) is 22.0 Å². The van der Waals surface area contributed by atoms with E-state index in [0.717, 1.165) is 15.8 Å². The van der Waals surface area contributed by atoms with E-state index >= 15 is 0 Å². The molecule has 0 N–H and O–H groups in total. The van der Waals surface area contributed by atoms with Crippen molar-refractivity contribution >= 4 is 44.7 Å². The molecule has 24 heavy (non-hydrogen) atoms. The van der Waals surface area contributed by atoms with Crippen molar-refractivity contribution in [2.75, 3.05) is 7.11 Å². The molecule has 0 fully saturated rings. The van der Waals surface area contributed by atoms with Crippen LogP contribution < -0.4 is 4.74 Å². The number of pyridine rings is 1. The minimum atomic E-state index is -0.397. The standard InChI is InChI=1S/C18H13BrN2O3/c1-24-18-10-6-13(19)11-12(18)5-7-14-8-9-15-16(20-14)3-2-4-17(15)21(22)23/h2-11H,1H3. The first-order chi connectivity index (χ1) is 11.6. The zero-order chi connectivity index (χ0) is 17.1. The summed E-state index contributed by atoms with van der Waals surface area (Å²) in [5, 5.41) is 11.6. The molecule has 0 aliphatic carbocycles. The van der Waals surface area contributed by atoms with Crippen molar-refractivity contribution in [3.63, 3.8) is 0 Å². The predicted molar refractivity (Wildman–Crippen MR) is 98.0 cm³/mol. The van der Waals surface area contributed by atoms with Gasteiger partial charge in [0.1, 0.15) is 5.75 Å². The van der Waals surface area contributed by atoms with E-state index in [9.17, 15) is 10.1 Å². The van der Waals surface area contributed by atoms with Crippen LogP contribution in [-0.2, 0) is 0 Å². The molecule has 1 aromatic heterocycles. The van der Waals surface area contributed by atoms with Crippen LogP contribution in [0.25, 0.3) is 23.1 Å². The molecule has 0 unspecified atom stereocenters. The van der Waals surface area contributed by atoms with E-state index in [1.165, 1.54) is 6.07 Å². The first kappa shape index (κ1) is 16.1. The van der Waals surface area contributed by atoms with Crippen LogP contribution in [0.3, 0.4) is 0 Å². The lowest BCUT2D eigenvalue weighted by molar-refractivity contribution is -0.383. The number of hydrogen-bond acceptors (Lipinski definition) is 4. The topological polar surface area (TPSA) is 65.3 Å². The number of nitrogens with zero attached hydrogens (tertiary/aromatic N) is 2. The number of nitro groups is 1. The fourth-order valence-corrected chi connectivity index (χ4v) is 2.80. The van der Waals surface area contributed by atoms with Gasteiger partial charge in [0, 0.05) is 16.1 Å². The number of nitro benzene ring substituents is 1. The van der Waals surface area contributed by atoms with Crippen molar-refractivity contribution < 1.29 is 9.66 Å². The van der Waals surface area contributed by atoms with Crippen LogP contribution in [0.15, 0.2) is 53.0 Å². The Kier molecular flexibility index (Phi) is 4.57. The summed E-state index contributed by atoms with van der Waals surface area (Å²) in [7, 11) is 1.62. The highest BCUT2D eigenvalue weighted by atomic mass is 79.9. The summed E-state index contributed by atoms with van der Waals surface area (Å²) in [6, 6.07) is 14.1. The Bertz CT molecular complexity index is 954. The number of aromatic nitrogens is 1. The van der Waals surface area contributed by atoms with Crippen LogP contribution in [0.4, 0.5) is 5.69 Å². The summed E-state index contributed by atoms with van der Waals surface area (Å²) in [6.45, 7) is 0. The molecule has 0 saturated carbocycles. The Morgan fingerprint density at radius 1 is 1.17 bits per heavy atom. The number of methoxy groups -OCH3 is 1. The minimum Gasteiger partial charge on any atom is -0.496 e. The average molecular weight is 385 g/mol. The van der Waals surface area contributed by atoms with E-state index < -0.39 is 4.92 Å². The lowest BCUT2D eigenvalue weighted by Gasteiger charge is -2.05. The maximum Gasteiger partial charge on any atom is 0.278 e. The van der Waals surface area contributed by atoms with Crippen LogP contribution in [0.2, 0.25) is 0 Å². The van der Waals surface area contributed by atoms with Crippen molar-refractivity contribution in [3.8, 4) is 5.75 Å². The van der Waals surface area contributed by atoms with Crippen LogP contribution in [-0.4, -0.2) is 17.0 Å². The molecule has 0 spiro atoms. The van der Waals surface area contributed by atoms with Crippen molar-refractivity contribution in [1.82, 2.24) is 4.98 Å². The number of non-ortho nitro benzene ring substituents is 1. The van der Waals surface area contributed by atoms with Crippen LogP contribution >= 0.6 is 15.9 Å². The van der Waals surface area contributed by atoms with Gasteiger partial charge in [-0.25, -0.2) is 4.98 Å². The third kappa shape index (κ3) is 3.28. The number of rotatable bonds is 4. The van der Waals surface area contributed by atoms with Gasteiger partial charge in [0.15, 0.2) is 0 Å². The van der Waals surface area contributed by atoms with Crippen molar-refractivity contribution in [1.29, 1.82) is 0 Å². The van der Waals surface area contributed by atoms with Gasteiger partial charge in [-0.15, -0.1) is 0 Å². The summed E-state index contributed by atoms with van der Waals surface area (Å²) >= 11 is 3.44. The van der Waals surface area contributed by atoms with E-state index in [4.69, 9.17) is 4.74 Å². The van der Waals surface area contributed by atoms with E-state index in [2.05, 4.69) is 20.9 Å². The molecular formula is C18H13BrN2O3. The molecule has 6 heteroatoms. The second-order valence-electron chi connectivity index (χ2n) is 5.06. The lowest BCUT2D eigenvalue weighted by atomic mass is 10.1.